The number of carbonyl (C=O) groups is 3. The van der Waals surface area contributed by atoms with Gasteiger partial charge in [0.05, 0.1) is 12.1 Å². The monoisotopic (exact) mass is 265 g/mol. The van der Waals surface area contributed by atoms with Crippen molar-refractivity contribution in [1.82, 2.24) is 4.90 Å². The number of rotatable bonds is 8. The molecule has 0 fully saturated rings. The predicted octanol–water partition coefficient (Wildman–Crippen LogP) is 1.27. The van der Waals surface area contributed by atoms with E-state index in [0.29, 0.717) is 6.54 Å². The van der Waals surface area contributed by atoms with Gasteiger partial charge < -0.3 is 9.64 Å². The van der Waals surface area contributed by atoms with Gasteiger partial charge in [-0.25, -0.2) is 4.79 Å². The van der Waals surface area contributed by atoms with Gasteiger partial charge in [-0.05, 0) is 32.2 Å². The Labute approximate surface area is 113 Å². The second kappa shape index (κ2) is 8.85. The molecule has 5 nitrogen and oxygen atoms in total. The summed E-state index contributed by atoms with van der Waals surface area (Å²) in [6, 6.07) is 0. The van der Waals surface area contributed by atoms with E-state index in [9.17, 15) is 14.4 Å². The molecule has 0 spiro atoms. The highest BCUT2D eigenvalue weighted by Crippen LogP contribution is 1.99. The van der Waals surface area contributed by atoms with Gasteiger partial charge >= 0.3 is 5.97 Å². The first kappa shape index (κ1) is 16.8. The molecule has 0 heterocycles. The van der Waals surface area contributed by atoms with Crippen LogP contribution in [0.5, 0.6) is 0 Å². The van der Waals surface area contributed by atoms with Gasteiger partial charge in [0, 0.05) is 13.1 Å². The van der Waals surface area contributed by atoms with E-state index in [1.165, 1.54) is 19.9 Å². The molecule has 0 aliphatic heterocycles. The molecule has 5 heteroatoms. The fourth-order valence-corrected chi connectivity index (χ4v) is 1.19. The number of Topliss-reactive ketones (excluding diaryl/α,β-unsaturated/α-hetero) is 2. The molecule has 0 saturated carbocycles. The van der Waals surface area contributed by atoms with Crippen LogP contribution in [0.3, 0.4) is 0 Å². The lowest BCUT2D eigenvalue weighted by atomic mass is 10.1. The molecule has 0 atom stereocenters. The van der Waals surface area contributed by atoms with Crippen molar-refractivity contribution in [2.75, 3.05) is 20.2 Å². The van der Waals surface area contributed by atoms with E-state index in [1.807, 2.05) is 0 Å². The highest BCUT2D eigenvalue weighted by Gasteiger charge is 2.07. The number of carbonyl (C=O) groups excluding carboxylic acids is 3. The van der Waals surface area contributed by atoms with Crippen LogP contribution in [-0.4, -0.2) is 42.6 Å². The van der Waals surface area contributed by atoms with Crippen LogP contribution in [-0.2, 0) is 19.1 Å². The minimum atomic E-state index is -0.465. The van der Waals surface area contributed by atoms with Crippen molar-refractivity contribution < 1.29 is 19.1 Å². The molecule has 0 aromatic carbocycles. The summed E-state index contributed by atoms with van der Waals surface area (Å²) < 4.78 is 4.81. The maximum absolute atomic E-state index is 11.1. The molecule has 0 aliphatic carbocycles. The second-order valence-electron chi connectivity index (χ2n) is 3.89. The molecule has 0 unspecified atom stereocenters. The Morgan fingerprint density at radius 3 is 2.26 bits per heavy atom. The third kappa shape index (κ3) is 7.70. The van der Waals surface area contributed by atoms with Crippen LogP contribution in [0.1, 0.15) is 13.8 Å². The minimum absolute atomic E-state index is 0.155. The summed E-state index contributed by atoms with van der Waals surface area (Å²) in [5, 5.41) is 0. The zero-order valence-electron chi connectivity index (χ0n) is 11.5. The average molecular weight is 265 g/mol. The van der Waals surface area contributed by atoms with E-state index < -0.39 is 5.97 Å². The summed E-state index contributed by atoms with van der Waals surface area (Å²) in [6.07, 6.45) is 5.86. The van der Waals surface area contributed by atoms with E-state index in [4.69, 9.17) is 4.74 Å². The number of likely N-dealkylation sites (N-methyl/N-ethyl adjacent to an activating group) is 1. The predicted molar refractivity (Wildman–Crippen MR) is 72.4 cm³/mol. The van der Waals surface area contributed by atoms with E-state index in [2.05, 4.69) is 6.58 Å². The van der Waals surface area contributed by atoms with E-state index in [0.717, 1.165) is 6.08 Å². The van der Waals surface area contributed by atoms with Crippen molar-refractivity contribution in [3.63, 3.8) is 0 Å². The van der Waals surface area contributed by atoms with E-state index in [1.54, 1.807) is 24.2 Å². The van der Waals surface area contributed by atoms with Gasteiger partial charge in [-0.2, -0.15) is 0 Å². The highest BCUT2D eigenvalue weighted by molar-refractivity contribution is 6.18. The fourth-order valence-electron chi connectivity index (χ4n) is 1.19. The Balaban J connectivity index is 4.28. The Morgan fingerprint density at radius 1 is 1.21 bits per heavy atom. The summed E-state index contributed by atoms with van der Waals surface area (Å²) >= 11 is 0. The van der Waals surface area contributed by atoms with Gasteiger partial charge in [0.15, 0.2) is 11.6 Å². The van der Waals surface area contributed by atoms with E-state index >= 15 is 0 Å². The maximum Gasteiger partial charge on any atom is 0.330 e. The molecule has 104 valence electrons. The molecular weight excluding hydrogens is 246 g/mol. The third-order valence-corrected chi connectivity index (χ3v) is 2.22. The molecule has 19 heavy (non-hydrogen) atoms. The number of esters is 1. The first-order valence-electron chi connectivity index (χ1n) is 5.78. The van der Waals surface area contributed by atoms with Crippen molar-refractivity contribution in [3.05, 3.63) is 36.6 Å². The zero-order valence-corrected chi connectivity index (χ0v) is 11.5. The number of nitrogens with zero attached hydrogens (tertiary/aromatic N) is 1. The smallest absolute Gasteiger partial charge is 0.330 e. The van der Waals surface area contributed by atoms with Gasteiger partial charge in [-0.1, -0.05) is 6.58 Å². The summed E-state index contributed by atoms with van der Waals surface area (Å²) in [5.74, 6) is -0.993. The van der Waals surface area contributed by atoms with Crippen molar-refractivity contribution in [1.29, 1.82) is 0 Å². The Bertz CT molecular complexity index is 405. The SMILES string of the molecule is C=CC(=O)OCCN(C)/C=C/C=C(C(C)=O)C(C)=O. The van der Waals surface area contributed by atoms with E-state index in [-0.39, 0.29) is 23.7 Å². The van der Waals surface area contributed by atoms with Crippen LogP contribution in [0, 0.1) is 0 Å². The second-order valence-corrected chi connectivity index (χ2v) is 3.89. The zero-order chi connectivity index (χ0) is 14.8. The normalized spacial score (nSPS) is 9.84. The Morgan fingerprint density at radius 2 is 1.79 bits per heavy atom. The standard InChI is InChI=1S/C14H19NO4/c1-5-14(18)19-10-9-15(4)8-6-7-13(11(2)16)12(3)17/h5-8H,1,9-10H2,2-4H3/b8-6+. The number of ketones is 2. The molecule has 0 amide bonds. The van der Waals surface area contributed by atoms with Crippen molar-refractivity contribution in [2.24, 2.45) is 0 Å². The maximum atomic E-state index is 11.1. The molecule has 0 radical (unpaired) electrons. The van der Waals surface area contributed by atoms with Gasteiger partial charge in [0.1, 0.15) is 6.61 Å². The van der Waals surface area contributed by atoms with Crippen LogP contribution in [0.15, 0.2) is 36.6 Å². The topological polar surface area (TPSA) is 63.7 Å². The lowest BCUT2D eigenvalue weighted by molar-refractivity contribution is -0.138. The fraction of sp³-hybridized carbons (Fsp3) is 0.357. The van der Waals surface area contributed by atoms with Gasteiger partial charge in [0.25, 0.3) is 0 Å². The van der Waals surface area contributed by atoms with Crippen LogP contribution < -0.4 is 0 Å². The third-order valence-electron chi connectivity index (χ3n) is 2.22. The largest absolute Gasteiger partial charge is 0.461 e. The molecule has 0 rings (SSSR count). The summed E-state index contributed by atoms with van der Waals surface area (Å²) in [6.45, 7) is 6.72. The number of ether oxygens (including phenoxy) is 1. The van der Waals surface area contributed by atoms with Crippen molar-refractivity contribution >= 4 is 17.5 Å². The first-order valence-corrected chi connectivity index (χ1v) is 5.78. The summed E-state index contributed by atoms with van der Waals surface area (Å²) in [4.78, 5) is 34.8. The summed E-state index contributed by atoms with van der Waals surface area (Å²) in [5.41, 5.74) is 0.155. The Hall–Kier alpha value is -2.17. The van der Waals surface area contributed by atoms with Gasteiger partial charge in [-0.3, -0.25) is 9.59 Å². The van der Waals surface area contributed by atoms with Crippen molar-refractivity contribution in [2.45, 2.75) is 13.8 Å². The van der Waals surface area contributed by atoms with Crippen LogP contribution in [0.25, 0.3) is 0 Å². The van der Waals surface area contributed by atoms with Crippen LogP contribution >= 0.6 is 0 Å². The van der Waals surface area contributed by atoms with Gasteiger partial charge in [0.2, 0.25) is 0 Å². The highest BCUT2D eigenvalue weighted by atomic mass is 16.5. The molecule has 0 bridgehead atoms. The lowest BCUT2D eigenvalue weighted by Gasteiger charge is -2.12. The molecule has 0 saturated heterocycles. The molecule has 0 aromatic rings. The molecule has 0 N–H and O–H groups in total. The molecule has 0 aromatic heterocycles. The van der Waals surface area contributed by atoms with Crippen molar-refractivity contribution in [3.8, 4) is 0 Å². The molecule has 0 aliphatic rings. The lowest BCUT2D eigenvalue weighted by Crippen LogP contribution is -2.18. The van der Waals surface area contributed by atoms with Crippen LogP contribution in [0.2, 0.25) is 0 Å². The average Bonchev–Trinajstić information content (AvgIpc) is 2.33. The first-order chi connectivity index (χ1) is 8.88. The molecular formula is C14H19NO4. The summed E-state index contributed by atoms with van der Waals surface area (Å²) in [7, 11) is 1.79. The minimum Gasteiger partial charge on any atom is -0.461 e. The van der Waals surface area contributed by atoms with Crippen LogP contribution in [0.4, 0.5) is 0 Å². The Kier molecular flexibility index (Phi) is 7.84. The number of hydrogen-bond donors (Lipinski definition) is 0. The quantitative estimate of drug-likeness (QED) is 0.217. The van der Waals surface area contributed by atoms with Gasteiger partial charge in [-0.15, -0.1) is 0 Å². The number of hydrogen-bond acceptors (Lipinski definition) is 5. The number of allylic oxidation sites excluding steroid dienone is 3.